The number of anilines is 1. The summed E-state index contributed by atoms with van der Waals surface area (Å²) in [7, 11) is 0. The van der Waals surface area contributed by atoms with Gasteiger partial charge in [0.1, 0.15) is 19.0 Å². The van der Waals surface area contributed by atoms with Gasteiger partial charge in [-0.1, -0.05) is 6.92 Å². The normalized spacial score (nSPS) is 13.1. The summed E-state index contributed by atoms with van der Waals surface area (Å²) in [5.74, 6) is 3.05. The van der Waals surface area contributed by atoms with Gasteiger partial charge in [0.2, 0.25) is 0 Å². The zero-order valence-electron chi connectivity index (χ0n) is 11.4. The molecule has 0 radical (unpaired) electrons. The van der Waals surface area contributed by atoms with Crippen LogP contribution in [0, 0.1) is 0 Å². The largest absolute Gasteiger partial charge is 0.486 e. The first-order valence-corrected chi connectivity index (χ1v) is 6.84. The van der Waals surface area contributed by atoms with Crippen molar-refractivity contribution >= 4 is 5.82 Å². The number of nitrogens with zero attached hydrogens (tertiary/aromatic N) is 2. The van der Waals surface area contributed by atoms with Gasteiger partial charge in [0, 0.05) is 18.3 Å². The number of hydrogen-bond donors (Lipinski definition) is 1. The number of hydrogen-bond acceptors (Lipinski definition) is 5. The highest BCUT2D eigenvalue weighted by Gasteiger charge is 2.13. The molecule has 0 fully saturated rings. The monoisotopic (exact) mass is 271 g/mol. The molecule has 0 saturated heterocycles. The Balaban J connectivity index is 1.88. The highest BCUT2D eigenvalue weighted by atomic mass is 16.6. The summed E-state index contributed by atoms with van der Waals surface area (Å²) in [5.41, 5.74) is 0.925. The summed E-state index contributed by atoms with van der Waals surface area (Å²) in [5, 5.41) is 3.26. The van der Waals surface area contributed by atoms with Crippen LogP contribution in [-0.2, 0) is 0 Å². The fourth-order valence-electron chi connectivity index (χ4n) is 2.03. The first kappa shape index (κ1) is 12.7. The highest BCUT2D eigenvalue weighted by Crippen LogP contribution is 2.33. The van der Waals surface area contributed by atoms with Gasteiger partial charge in [0.05, 0.1) is 0 Å². The molecule has 0 aliphatic carbocycles. The Kier molecular flexibility index (Phi) is 3.67. The van der Waals surface area contributed by atoms with Crippen LogP contribution in [0.3, 0.4) is 0 Å². The minimum absolute atomic E-state index is 0.579. The van der Waals surface area contributed by atoms with E-state index in [0.717, 1.165) is 35.8 Å². The molecule has 1 aliphatic rings. The zero-order chi connectivity index (χ0) is 13.8. The molecule has 1 aliphatic heterocycles. The van der Waals surface area contributed by atoms with Gasteiger partial charge in [-0.25, -0.2) is 9.97 Å². The molecule has 5 heteroatoms. The second-order valence-electron chi connectivity index (χ2n) is 4.55. The zero-order valence-corrected chi connectivity index (χ0v) is 11.4. The van der Waals surface area contributed by atoms with Gasteiger partial charge in [-0.2, -0.15) is 0 Å². The molecule has 0 amide bonds. The third kappa shape index (κ3) is 2.66. The lowest BCUT2D eigenvalue weighted by Crippen LogP contribution is -2.15. The van der Waals surface area contributed by atoms with Crippen molar-refractivity contribution in [2.75, 3.05) is 25.1 Å². The molecule has 0 spiro atoms. The average molecular weight is 271 g/mol. The van der Waals surface area contributed by atoms with Crippen LogP contribution in [0.25, 0.3) is 11.4 Å². The van der Waals surface area contributed by atoms with Crippen molar-refractivity contribution in [2.45, 2.75) is 13.3 Å². The molecule has 1 N–H and O–H groups in total. The number of rotatable bonds is 4. The second kappa shape index (κ2) is 5.77. The fourth-order valence-corrected chi connectivity index (χ4v) is 2.03. The topological polar surface area (TPSA) is 56.3 Å². The lowest BCUT2D eigenvalue weighted by Gasteiger charge is -2.18. The smallest absolute Gasteiger partial charge is 0.162 e. The van der Waals surface area contributed by atoms with Crippen molar-refractivity contribution in [3.8, 4) is 22.9 Å². The van der Waals surface area contributed by atoms with Crippen molar-refractivity contribution < 1.29 is 9.47 Å². The fraction of sp³-hybridized carbons (Fsp3) is 0.333. The van der Waals surface area contributed by atoms with E-state index >= 15 is 0 Å². The molecule has 0 saturated carbocycles. The Bertz CT molecular complexity index is 601. The lowest BCUT2D eigenvalue weighted by molar-refractivity contribution is 0.171. The molecule has 1 aromatic heterocycles. The van der Waals surface area contributed by atoms with Gasteiger partial charge >= 0.3 is 0 Å². The molecule has 0 unspecified atom stereocenters. The van der Waals surface area contributed by atoms with Gasteiger partial charge in [-0.05, 0) is 30.7 Å². The third-order valence-electron chi connectivity index (χ3n) is 3.01. The molecule has 2 aromatic rings. The number of nitrogens with one attached hydrogen (secondary N) is 1. The maximum Gasteiger partial charge on any atom is 0.162 e. The standard InChI is InChI=1S/C15H17N3O2/c1-2-6-16-14-5-7-17-15(18-14)11-3-4-12-13(10-11)20-9-8-19-12/h3-5,7,10H,2,6,8-9H2,1H3,(H,16,17,18). The minimum atomic E-state index is 0.579. The Morgan fingerprint density at radius 3 is 2.85 bits per heavy atom. The number of fused-ring (bicyclic) bond motifs is 1. The van der Waals surface area contributed by atoms with Crippen LogP contribution in [-0.4, -0.2) is 29.7 Å². The van der Waals surface area contributed by atoms with Crippen molar-refractivity contribution in [3.05, 3.63) is 30.5 Å². The molecule has 2 heterocycles. The first-order chi connectivity index (χ1) is 9.86. The van der Waals surface area contributed by atoms with E-state index in [4.69, 9.17) is 9.47 Å². The van der Waals surface area contributed by atoms with Crippen molar-refractivity contribution in [3.63, 3.8) is 0 Å². The molecule has 104 valence electrons. The van der Waals surface area contributed by atoms with Gasteiger partial charge in [0.15, 0.2) is 17.3 Å². The Hall–Kier alpha value is -2.30. The predicted molar refractivity (Wildman–Crippen MR) is 77.2 cm³/mol. The second-order valence-corrected chi connectivity index (χ2v) is 4.55. The average Bonchev–Trinajstić information content (AvgIpc) is 2.53. The van der Waals surface area contributed by atoms with Crippen LogP contribution in [0.4, 0.5) is 5.82 Å². The summed E-state index contributed by atoms with van der Waals surface area (Å²) in [4.78, 5) is 8.83. The quantitative estimate of drug-likeness (QED) is 0.926. The number of ether oxygens (including phenoxy) is 2. The van der Waals surface area contributed by atoms with Crippen LogP contribution >= 0.6 is 0 Å². The summed E-state index contributed by atoms with van der Waals surface area (Å²) in [6.45, 7) is 4.20. The van der Waals surface area contributed by atoms with E-state index in [0.29, 0.717) is 19.0 Å². The number of benzene rings is 1. The lowest BCUT2D eigenvalue weighted by atomic mass is 10.2. The van der Waals surface area contributed by atoms with E-state index in [9.17, 15) is 0 Å². The summed E-state index contributed by atoms with van der Waals surface area (Å²) in [6.07, 6.45) is 2.82. The van der Waals surface area contributed by atoms with Crippen LogP contribution < -0.4 is 14.8 Å². The first-order valence-electron chi connectivity index (χ1n) is 6.84. The molecule has 1 aromatic carbocycles. The van der Waals surface area contributed by atoms with Crippen LogP contribution in [0.2, 0.25) is 0 Å². The number of aromatic nitrogens is 2. The Labute approximate surface area is 118 Å². The Morgan fingerprint density at radius 2 is 2.00 bits per heavy atom. The van der Waals surface area contributed by atoms with E-state index in [2.05, 4.69) is 22.2 Å². The molecular formula is C15H17N3O2. The van der Waals surface area contributed by atoms with Crippen LogP contribution in [0.5, 0.6) is 11.5 Å². The van der Waals surface area contributed by atoms with Crippen molar-refractivity contribution in [2.24, 2.45) is 0 Å². The molecular weight excluding hydrogens is 254 g/mol. The molecule has 0 bridgehead atoms. The van der Waals surface area contributed by atoms with Gasteiger partial charge in [-0.15, -0.1) is 0 Å². The van der Waals surface area contributed by atoms with Gasteiger partial charge < -0.3 is 14.8 Å². The van der Waals surface area contributed by atoms with Crippen LogP contribution in [0.1, 0.15) is 13.3 Å². The molecule has 5 nitrogen and oxygen atoms in total. The van der Waals surface area contributed by atoms with Crippen molar-refractivity contribution in [1.82, 2.24) is 9.97 Å². The molecule has 0 atom stereocenters. The molecule has 3 rings (SSSR count). The molecule has 20 heavy (non-hydrogen) atoms. The SMILES string of the molecule is CCCNc1ccnc(-c2ccc3c(c2)OCCO3)n1. The van der Waals surface area contributed by atoms with E-state index in [1.54, 1.807) is 6.20 Å². The van der Waals surface area contributed by atoms with Gasteiger partial charge in [-0.3, -0.25) is 0 Å². The van der Waals surface area contributed by atoms with E-state index in [-0.39, 0.29) is 0 Å². The minimum Gasteiger partial charge on any atom is -0.486 e. The van der Waals surface area contributed by atoms with Crippen molar-refractivity contribution in [1.29, 1.82) is 0 Å². The maximum absolute atomic E-state index is 5.58. The third-order valence-corrected chi connectivity index (χ3v) is 3.01. The van der Waals surface area contributed by atoms with E-state index in [1.165, 1.54) is 0 Å². The maximum atomic E-state index is 5.58. The van der Waals surface area contributed by atoms with Crippen LogP contribution in [0.15, 0.2) is 30.5 Å². The summed E-state index contributed by atoms with van der Waals surface area (Å²) in [6, 6.07) is 7.65. The van der Waals surface area contributed by atoms with E-state index < -0.39 is 0 Å². The summed E-state index contributed by atoms with van der Waals surface area (Å²) >= 11 is 0. The summed E-state index contributed by atoms with van der Waals surface area (Å²) < 4.78 is 11.1. The highest BCUT2D eigenvalue weighted by molar-refractivity contribution is 5.62. The Morgan fingerprint density at radius 1 is 1.15 bits per heavy atom. The van der Waals surface area contributed by atoms with Gasteiger partial charge in [0.25, 0.3) is 0 Å². The predicted octanol–water partition coefficient (Wildman–Crippen LogP) is 2.74. The van der Waals surface area contributed by atoms with E-state index in [1.807, 2.05) is 24.3 Å².